The summed E-state index contributed by atoms with van der Waals surface area (Å²) in [6.45, 7) is 0. The average Bonchev–Trinajstić information content (AvgIpc) is 3.28. The van der Waals surface area contributed by atoms with Crippen LogP contribution in [-0.4, -0.2) is 48.8 Å². The van der Waals surface area contributed by atoms with Crippen molar-refractivity contribution in [3.05, 3.63) is 59.7 Å². The molecule has 146 valence electrons. The summed E-state index contributed by atoms with van der Waals surface area (Å²) in [5, 5.41) is 0. The number of fused-ring (bicyclic) bond motifs is 1. The van der Waals surface area contributed by atoms with Gasteiger partial charge in [0.1, 0.15) is 0 Å². The zero-order valence-corrected chi connectivity index (χ0v) is 17.8. The van der Waals surface area contributed by atoms with Gasteiger partial charge >= 0.3 is 0 Å². The predicted octanol–water partition coefficient (Wildman–Crippen LogP) is 3.85. The largest absolute Gasteiger partial charge is 0.338 e. The van der Waals surface area contributed by atoms with Gasteiger partial charge in [-0.3, -0.25) is 4.79 Å². The van der Waals surface area contributed by atoms with Crippen LogP contribution in [0.1, 0.15) is 22.3 Å². The normalized spacial score (nSPS) is 18.4. The van der Waals surface area contributed by atoms with E-state index in [9.17, 15) is 13.2 Å². The summed E-state index contributed by atoms with van der Waals surface area (Å²) < 4.78 is 25.5. The van der Waals surface area contributed by atoms with Gasteiger partial charge in [-0.2, -0.15) is 0 Å². The Morgan fingerprint density at radius 1 is 1.21 bits per heavy atom. The van der Waals surface area contributed by atoms with Crippen molar-refractivity contribution >= 4 is 49.1 Å². The van der Waals surface area contributed by atoms with E-state index in [0.29, 0.717) is 12.0 Å². The summed E-state index contributed by atoms with van der Waals surface area (Å²) in [7, 11) is -1.32. The molecule has 0 aliphatic carbocycles. The van der Waals surface area contributed by atoms with Crippen molar-refractivity contribution in [1.29, 1.82) is 0 Å². The summed E-state index contributed by atoms with van der Waals surface area (Å²) in [5.74, 6) is 0.876. The summed E-state index contributed by atoms with van der Waals surface area (Å²) in [5.41, 5.74) is 2.72. The number of thiazole rings is 1. The number of aromatic nitrogens is 1. The fourth-order valence-corrected chi connectivity index (χ4v) is 7.05. The molecule has 1 aliphatic heterocycles. The molecule has 0 N–H and O–H groups in total. The highest BCUT2D eigenvalue weighted by Crippen LogP contribution is 2.31. The molecular formula is C20H20N2O3S3. The van der Waals surface area contributed by atoms with Crippen LogP contribution in [0.25, 0.3) is 10.2 Å². The molecule has 0 spiro atoms. The number of rotatable bonds is 5. The first kappa shape index (κ1) is 19.4. The standard InChI is InChI=1S/C20H20N2O3S3/c1-22(16-10-11-28(24,25)13-16)19(23)15-8-6-14(7-9-15)12-26-20-21-17-4-2-3-5-18(17)27-20/h2-9,16H,10-13H2,1H3/t16-/m0/s1. The van der Waals surface area contributed by atoms with Crippen molar-refractivity contribution in [1.82, 2.24) is 9.88 Å². The number of hydrogen-bond donors (Lipinski definition) is 0. The zero-order chi connectivity index (χ0) is 19.7. The lowest BCUT2D eigenvalue weighted by Crippen LogP contribution is -2.37. The third kappa shape index (κ3) is 4.24. The Balaban J connectivity index is 1.38. The van der Waals surface area contributed by atoms with Gasteiger partial charge in [0.05, 0.1) is 21.7 Å². The first-order valence-corrected chi connectivity index (χ1v) is 12.6. The smallest absolute Gasteiger partial charge is 0.253 e. The molecule has 0 bridgehead atoms. The molecule has 0 saturated carbocycles. The molecule has 8 heteroatoms. The molecule has 1 fully saturated rings. The molecule has 1 saturated heterocycles. The van der Waals surface area contributed by atoms with Crippen LogP contribution in [0.2, 0.25) is 0 Å². The molecule has 1 aromatic heterocycles. The van der Waals surface area contributed by atoms with Crippen molar-refractivity contribution in [2.24, 2.45) is 0 Å². The van der Waals surface area contributed by atoms with Crippen LogP contribution in [0, 0.1) is 0 Å². The van der Waals surface area contributed by atoms with E-state index in [0.717, 1.165) is 21.2 Å². The van der Waals surface area contributed by atoms with E-state index >= 15 is 0 Å². The number of amides is 1. The second-order valence-corrected chi connectivity index (χ2v) is 11.4. The molecule has 1 amide bonds. The number of thioether (sulfide) groups is 1. The Labute approximate surface area is 172 Å². The number of hydrogen-bond acceptors (Lipinski definition) is 6. The molecule has 1 aliphatic rings. The van der Waals surface area contributed by atoms with Crippen LogP contribution in [-0.2, 0) is 15.6 Å². The molecule has 0 radical (unpaired) electrons. The van der Waals surface area contributed by atoms with Crippen molar-refractivity contribution in [2.45, 2.75) is 22.6 Å². The number of para-hydroxylation sites is 1. The molecule has 1 atom stereocenters. The Morgan fingerprint density at radius 3 is 2.64 bits per heavy atom. The minimum atomic E-state index is -3.01. The van der Waals surface area contributed by atoms with Crippen LogP contribution in [0.4, 0.5) is 0 Å². The van der Waals surface area contributed by atoms with Crippen molar-refractivity contribution < 1.29 is 13.2 Å². The van der Waals surface area contributed by atoms with Crippen LogP contribution in [0.5, 0.6) is 0 Å². The molecule has 0 unspecified atom stereocenters. The molecule has 28 heavy (non-hydrogen) atoms. The van der Waals surface area contributed by atoms with E-state index in [1.54, 1.807) is 35.0 Å². The van der Waals surface area contributed by atoms with Gasteiger partial charge in [0.2, 0.25) is 0 Å². The van der Waals surface area contributed by atoms with Gasteiger partial charge in [-0.15, -0.1) is 11.3 Å². The van der Waals surface area contributed by atoms with Gasteiger partial charge in [0.15, 0.2) is 14.2 Å². The predicted molar refractivity (Wildman–Crippen MR) is 115 cm³/mol. The van der Waals surface area contributed by atoms with Gasteiger partial charge in [0.25, 0.3) is 5.91 Å². The average molecular weight is 433 g/mol. The Hall–Kier alpha value is -1.90. The van der Waals surface area contributed by atoms with Crippen LogP contribution in [0.3, 0.4) is 0 Å². The lowest BCUT2D eigenvalue weighted by atomic mass is 10.1. The van der Waals surface area contributed by atoms with E-state index < -0.39 is 9.84 Å². The third-order valence-electron chi connectivity index (χ3n) is 4.91. The maximum Gasteiger partial charge on any atom is 0.253 e. The van der Waals surface area contributed by atoms with Gasteiger partial charge < -0.3 is 4.90 Å². The number of sulfone groups is 1. The Bertz CT molecular complexity index is 1070. The van der Waals surface area contributed by atoms with Crippen LogP contribution >= 0.6 is 23.1 Å². The first-order chi connectivity index (χ1) is 13.4. The highest BCUT2D eigenvalue weighted by molar-refractivity contribution is 8.00. The SMILES string of the molecule is CN(C(=O)c1ccc(CSc2nc3ccccc3s2)cc1)[C@H]1CCS(=O)(=O)C1. The van der Waals surface area contributed by atoms with Crippen LogP contribution in [0.15, 0.2) is 52.9 Å². The van der Waals surface area contributed by atoms with Crippen molar-refractivity contribution in [3.63, 3.8) is 0 Å². The van der Waals surface area contributed by atoms with E-state index in [1.807, 2.05) is 42.5 Å². The molecule has 3 aromatic rings. The van der Waals surface area contributed by atoms with Crippen molar-refractivity contribution in [2.75, 3.05) is 18.6 Å². The monoisotopic (exact) mass is 432 g/mol. The van der Waals surface area contributed by atoms with Gasteiger partial charge in [0, 0.05) is 24.4 Å². The van der Waals surface area contributed by atoms with E-state index in [1.165, 1.54) is 4.70 Å². The topological polar surface area (TPSA) is 67.3 Å². The fourth-order valence-electron chi connectivity index (χ4n) is 3.25. The lowest BCUT2D eigenvalue weighted by Gasteiger charge is -2.23. The third-order valence-corrected chi connectivity index (χ3v) is 8.91. The number of nitrogens with zero attached hydrogens (tertiary/aromatic N) is 2. The fraction of sp³-hybridized carbons (Fsp3) is 0.300. The number of benzene rings is 2. The molecule has 2 heterocycles. The highest BCUT2D eigenvalue weighted by atomic mass is 32.2. The van der Waals surface area contributed by atoms with Crippen molar-refractivity contribution in [3.8, 4) is 0 Å². The highest BCUT2D eigenvalue weighted by Gasteiger charge is 2.32. The van der Waals surface area contributed by atoms with E-state index in [-0.39, 0.29) is 23.5 Å². The second-order valence-electron chi connectivity index (χ2n) is 6.91. The Morgan fingerprint density at radius 2 is 1.96 bits per heavy atom. The summed E-state index contributed by atoms with van der Waals surface area (Å²) >= 11 is 3.37. The van der Waals surface area contributed by atoms with Gasteiger partial charge in [-0.25, -0.2) is 13.4 Å². The number of carbonyl (C=O) groups excluding carboxylic acids is 1. The zero-order valence-electron chi connectivity index (χ0n) is 15.4. The van der Waals surface area contributed by atoms with Gasteiger partial charge in [-0.05, 0) is 36.2 Å². The Kier molecular flexibility index (Phi) is 5.44. The number of carbonyl (C=O) groups is 1. The lowest BCUT2D eigenvalue weighted by molar-refractivity contribution is 0.0747. The second kappa shape index (κ2) is 7.85. The minimum Gasteiger partial charge on any atom is -0.338 e. The van der Waals surface area contributed by atoms with E-state index in [4.69, 9.17) is 0 Å². The molecule has 4 rings (SSSR count). The maximum absolute atomic E-state index is 12.7. The maximum atomic E-state index is 12.7. The van der Waals surface area contributed by atoms with Gasteiger partial charge in [-0.1, -0.05) is 36.0 Å². The summed E-state index contributed by atoms with van der Waals surface area (Å²) in [4.78, 5) is 18.8. The molecular weight excluding hydrogens is 412 g/mol. The first-order valence-electron chi connectivity index (χ1n) is 8.96. The molecule has 2 aromatic carbocycles. The van der Waals surface area contributed by atoms with Crippen LogP contribution < -0.4 is 0 Å². The summed E-state index contributed by atoms with van der Waals surface area (Å²) in [6, 6.07) is 15.4. The van der Waals surface area contributed by atoms with E-state index in [2.05, 4.69) is 11.1 Å². The minimum absolute atomic E-state index is 0.0616. The summed E-state index contributed by atoms with van der Waals surface area (Å²) in [6.07, 6.45) is 0.515. The quantitative estimate of drug-likeness (QED) is 0.573. The molecule has 5 nitrogen and oxygen atoms in total.